The average molecular weight is 300 g/mol. The van der Waals surface area contributed by atoms with Crippen LogP contribution in [0.25, 0.3) is 21.8 Å². The molecule has 0 bridgehead atoms. The second kappa shape index (κ2) is 5.03. The maximum atomic E-state index is 10.2. The molecule has 6 heteroatoms. The van der Waals surface area contributed by atoms with E-state index in [1.807, 2.05) is 36.4 Å². The summed E-state index contributed by atoms with van der Waals surface area (Å²) in [5, 5.41) is 31.4. The minimum Gasteiger partial charge on any atom is -0.394 e. The van der Waals surface area contributed by atoms with Crippen LogP contribution in [-0.2, 0) is 4.74 Å². The van der Waals surface area contributed by atoms with Crippen LogP contribution in [0.2, 0.25) is 0 Å². The summed E-state index contributed by atoms with van der Waals surface area (Å²) in [5.74, 6) is 0. The van der Waals surface area contributed by atoms with Crippen LogP contribution >= 0.6 is 0 Å². The van der Waals surface area contributed by atoms with Gasteiger partial charge in [-0.05, 0) is 11.5 Å². The zero-order chi connectivity index (χ0) is 15.3. The standard InChI is InChI=1S/C16H16N2O4/c19-7-12-14(20)15(21)16(22-12)18-8-17-13-10-4-2-1-3-9(10)5-6-11(13)18/h1-6,8,12,14-16,19-21H,7H2. The predicted octanol–water partition coefficient (Wildman–Crippen LogP) is 0.801. The highest BCUT2D eigenvalue weighted by molar-refractivity contribution is 6.04. The maximum absolute atomic E-state index is 10.2. The molecule has 1 aliphatic rings. The average Bonchev–Trinajstić information content (AvgIpc) is 3.10. The van der Waals surface area contributed by atoms with Crippen LogP contribution in [0.15, 0.2) is 42.7 Å². The first-order chi connectivity index (χ1) is 10.7. The molecular weight excluding hydrogens is 284 g/mol. The van der Waals surface area contributed by atoms with Crippen molar-refractivity contribution in [2.24, 2.45) is 0 Å². The first-order valence-corrected chi connectivity index (χ1v) is 7.17. The van der Waals surface area contributed by atoms with E-state index in [0.29, 0.717) is 0 Å². The van der Waals surface area contributed by atoms with E-state index < -0.39 is 24.5 Å². The number of imidazole rings is 1. The number of hydrogen-bond acceptors (Lipinski definition) is 5. The summed E-state index contributed by atoms with van der Waals surface area (Å²) in [6.45, 7) is -0.343. The lowest BCUT2D eigenvalue weighted by Crippen LogP contribution is -2.33. The van der Waals surface area contributed by atoms with Crippen molar-refractivity contribution in [3.05, 3.63) is 42.7 Å². The molecule has 1 aromatic heterocycles. The molecule has 0 aliphatic carbocycles. The van der Waals surface area contributed by atoms with Crippen LogP contribution in [0.1, 0.15) is 6.23 Å². The van der Waals surface area contributed by atoms with Crippen molar-refractivity contribution in [3.8, 4) is 0 Å². The Labute approximate surface area is 126 Å². The third-order valence-electron chi connectivity index (χ3n) is 4.26. The normalized spacial score (nSPS) is 28.7. The fraction of sp³-hybridized carbons (Fsp3) is 0.312. The Morgan fingerprint density at radius 2 is 1.91 bits per heavy atom. The zero-order valence-corrected chi connectivity index (χ0v) is 11.7. The molecule has 2 aromatic carbocycles. The van der Waals surface area contributed by atoms with Gasteiger partial charge in [0.1, 0.15) is 18.3 Å². The largest absolute Gasteiger partial charge is 0.394 e. The van der Waals surface area contributed by atoms with Crippen molar-refractivity contribution in [1.82, 2.24) is 9.55 Å². The smallest absolute Gasteiger partial charge is 0.164 e. The number of fused-ring (bicyclic) bond motifs is 3. The lowest BCUT2D eigenvalue weighted by molar-refractivity contribution is -0.0508. The van der Waals surface area contributed by atoms with E-state index >= 15 is 0 Å². The molecule has 0 saturated carbocycles. The van der Waals surface area contributed by atoms with Crippen LogP contribution in [-0.4, -0.2) is 49.8 Å². The Morgan fingerprint density at radius 1 is 1.09 bits per heavy atom. The molecule has 6 nitrogen and oxygen atoms in total. The summed E-state index contributed by atoms with van der Waals surface area (Å²) in [7, 11) is 0. The lowest BCUT2D eigenvalue weighted by atomic mass is 10.1. The Bertz CT molecular complexity index is 831. The summed E-state index contributed by atoms with van der Waals surface area (Å²) >= 11 is 0. The molecule has 4 unspecified atom stereocenters. The van der Waals surface area contributed by atoms with Gasteiger partial charge >= 0.3 is 0 Å². The molecule has 4 atom stereocenters. The molecule has 3 N–H and O–H groups in total. The number of nitrogens with zero attached hydrogens (tertiary/aromatic N) is 2. The van der Waals surface area contributed by atoms with Gasteiger partial charge in [-0.25, -0.2) is 4.98 Å². The summed E-state index contributed by atoms with van der Waals surface area (Å²) < 4.78 is 7.27. The van der Waals surface area contributed by atoms with Crippen molar-refractivity contribution >= 4 is 21.8 Å². The summed E-state index contributed by atoms with van der Waals surface area (Å²) in [5.41, 5.74) is 1.63. The van der Waals surface area contributed by atoms with Crippen molar-refractivity contribution in [2.75, 3.05) is 6.61 Å². The minimum atomic E-state index is -1.12. The fourth-order valence-electron chi connectivity index (χ4n) is 3.08. The third kappa shape index (κ3) is 1.85. The third-order valence-corrected chi connectivity index (χ3v) is 4.26. The van der Waals surface area contributed by atoms with Gasteiger partial charge in [0, 0.05) is 5.39 Å². The molecular formula is C16H16N2O4. The molecule has 1 saturated heterocycles. The lowest BCUT2D eigenvalue weighted by Gasteiger charge is -2.17. The summed E-state index contributed by atoms with van der Waals surface area (Å²) in [6.07, 6.45) is -2.19. The molecule has 0 radical (unpaired) electrons. The second-order valence-corrected chi connectivity index (χ2v) is 5.54. The van der Waals surface area contributed by atoms with Crippen LogP contribution in [0.3, 0.4) is 0 Å². The Hall–Kier alpha value is -1.99. The number of aromatic nitrogens is 2. The van der Waals surface area contributed by atoms with Gasteiger partial charge in [-0.3, -0.25) is 0 Å². The summed E-state index contributed by atoms with van der Waals surface area (Å²) in [6, 6.07) is 11.8. The van der Waals surface area contributed by atoms with E-state index in [9.17, 15) is 15.3 Å². The van der Waals surface area contributed by atoms with E-state index in [2.05, 4.69) is 4.98 Å². The van der Waals surface area contributed by atoms with Crippen LogP contribution in [0, 0.1) is 0 Å². The molecule has 1 fully saturated rings. The number of rotatable bonds is 2. The SMILES string of the molecule is OCC1OC(n2cnc3c4ccccc4ccc32)C(O)C1O. The van der Waals surface area contributed by atoms with E-state index in [1.54, 1.807) is 10.9 Å². The molecule has 4 rings (SSSR count). The topological polar surface area (TPSA) is 87.7 Å². The van der Waals surface area contributed by atoms with E-state index in [1.165, 1.54) is 0 Å². The molecule has 2 heterocycles. The fourth-order valence-corrected chi connectivity index (χ4v) is 3.08. The van der Waals surface area contributed by atoms with Gasteiger partial charge in [0.25, 0.3) is 0 Å². The molecule has 22 heavy (non-hydrogen) atoms. The van der Waals surface area contributed by atoms with E-state index in [-0.39, 0.29) is 6.61 Å². The molecule has 0 spiro atoms. The van der Waals surface area contributed by atoms with Gasteiger partial charge in [0.2, 0.25) is 0 Å². The maximum Gasteiger partial charge on any atom is 0.164 e. The van der Waals surface area contributed by atoms with Gasteiger partial charge in [0.05, 0.1) is 24.0 Å². The first kappa shape index (κ1) is 13.7. The number of aliphatic hydroxyl groups is 3. The van der Waals surface area contributed by atoms with E-state index in [0.717, 1.165) is 21.8 Å². The van der Waals surface area contributed by atoms with Crippen molar-refractivity contribution in [2.45, 2.75) is 24.5 Å². The van der Waals surface area contributed by atoms with Crippen LogP contribution in [0.5, 0.6) is 0 Å². The highest BCUT2D eigenvalue weighted by Crippen LogP contribution is 2.33. The van der Waals surface area contributed by atoms with Crippen molar-refractivity contribution in [3.63, 3.8) is 0 Å². The number of benzene rings is 2. The Kier molecular flexibility index (Phi) is 3.12. The van der Waals surface area contributed by atoms with Crippen LogP contribution < -0.4 is 0 Å². The highest BCUT2D eigenvalue weighted by atomic mass is 16.6. The second-order valence-electron chi connectivity index (χ2n) is 5.54. The van der Waals surface area contributed by atoms with Gasteiger partial charge in [-0.15, -0.1) is 0 Å². The van der Waals surface area contributed by atoms with Crippen molar-refractivity contribution in [1.29, 1.82) is 0 Å². The Morgan fingerprint density at radius 3 is 2.68 bits per heavy atom. The molecule has 1 aliphatic heterocycles. The highest BCUT2D eigenvalue weighted by Gasteiger charge is 2.43. The van der Waals surface area contributed by atoms with Gasteiger partial charge < -0.3 is 24.6 Å². The molecule has 0 amide bonds. The van der Waals surface area contributed by atoms with Gasteiger partial charge in [0.15, 0.2) is 6.23 Å². The molecule has 114 valence electrons. The molecule has 3 aromatic rings. The zero-order valence-electron chi connectivity index (χ0n) is 11.7. The number of hydrogen-bond donors (Lipinski definition) is 3. The number of aliphatic hydroxyl groups excluding tert-OH is 3. The monoisotopic (exact) mass is 300 g/mol. The van der Waals surface area contributed by atoms with Gasteiger partial charge in [-0.2, -0.15) is 0 Å². The summed E-state index contributed by atoms with van der Waals surface area (Å²) in [4.78, 5) is 4.43. The van der Waals surface area contributed by atoms with Gasteiger partial charge in [-0.1, -0.05) is 30.3 Å². The predicted molar refractivity (Wildman–Crippen MR) is 80.2 cm³/mol. The van der Waals surface area contributed by atoms with E-state index in [4.69, 9.17) is 4.74 Å². The quantitative estimate of drug-likeness (QED) is 0.651. The number of ether oxygens (including phenoxy) is 1. The van der Waals surface area contributed by atoms with Crippen LogP contribution in [0.4, 0.5) is 0 Å². The first-order valence-electron chi connectivity index (χ1n) is 7.17. The Balaban J connectivity index is 1.85. The van der Waals surface area contributed by atoms with Crippen molar-refractivity contribution < 1.29 is 20.1 Å². The minimum absolute atomic E-state index is 0.343.